The van der Waals surface area contributed by atoms with Crippen LogP contribution in [0.2, 0.25) is 0 Å². The predicted molar refractivity (Wildman–Crippen MR) is 74.6 cm³/mol. The zero-order valence-corrected chi connectivity index (χ0v) is 10.4. The second-order valence-electron chi connectivity index (χ2n) is 4.70. The Kier molecular flexibility index (Phi) is 2.78. The molecule has 3 aromatic rings. The number of hydrogen-bond donors (Lipinski definition) is 1. The maximum atomic E-state index is 14.2. The zero-order chi connectivity index (χ0) is 12.5. The first-order valence-corrected chi connectivity index (χ1v) is 6.44. The molecule has 18 heavy (non-hydrogen) atoms. The minimum Gasteiger partial charge on any atom is -0.354 e. The molecule has 0 aliphatic rings. The molecule has 1 N–H and O–H groups in total. The van der Waals surface area contributed by atoms with E-state index in [4.69, 9.17) is 0 Å². The summed E-state index contributed by atoms with van der Waals surface area (Å²) in [5, 5.41) is 2.28. The first kappa shape index (κ1) is 11.3. The van der Waals surface area contributed by atoms with Crippen LogP contribution in [-0.4, -0.2) is 4.98 Å². The Morgan fingerprint density at radius 1 is 1.06 bits per heavy atom. The smallest absolute Gasteiger partial charge is 0.127 e. The molecule has 0 spiro atoms. The van der Waals surface area contributed by atoms with Crippen LogP contribution in [0, 0.1) is 0 Å². The van der Waals surface area contributed by atoms with E-state index in [2.05, 4.69) is 17.1 Å². The molecule has 0 aliphatic heterocycles. The first-order valence-electron chi connectivity index (χ1n) is 6.44. The SMILES string of the molecule is CCCC(F)c1cccc2c1[nH]c1ccccc12. The van der Waals surface area contributed by atoms with Gasteiger partial charge in [-0.2, -0.15) is 0 Å². The van der Waals surface area contributed by atoms with E-state index in [1.165, 1.54) is 0 Å². The molecular weight excluding hydrogens is 225 g/mol. The number of para-hydroxylation sites is 2. The lowest BCUT2D eigenvalue weighted by Gasteiger charge is -2.08. The fourth-order valence-corrected chi connectivity index (χ4v) is 2.57. The summed E-state index contributed by atoms with van der Waals surface area (Å²) in [4.78, 5) is 3.35. The van der Waals surface area contributed by atoms with E-state index in [-0.39, 0.29) is 0 Å². The molecule has 2 aromatic carbocycles. The second-order valence-corrected chi connectivity index (χ2v) is 4.70. The molecule has 0 saturated heterocycles. The van der Waals surface area contributed by atoms with Crippen LogP contribution in [0.4, 0.5) is 4.39 Å². The summed E-state index contributed by atoms with van der Waals surface area (Å²) >= 11 is 0. The number of fused-ring (bicyclic) bond motifs is 3. The maximum Gasteiger partial charge on any atom is 0.127 e. The van der Waals surface area contributed by atoms with Gasteiger partial charge in [-0.05, 0) is 12.5 Å². The molecule has 0 fully saturated rings. The molecule has 1 aromatic heterocycles. The van der Waals surface area contributed by atoms with Gasteiger partial charge in [0.25, 0.3) is 0 Å². The molecule has 1 heterocycles. The molecule has 1 unspecified atom stereocenters. The Morgan fingerprint density at radius 3 is 2.67 bits per heavy atom. The zero-order valence-electron chi connectivity index (χ0n) is 10.4. The van der Waals surface area contributed by atoms with E-state index in [9.17, 15) is 4.39 Å². The van der Waals surface area contributed by atoms with E-state index >= 15 is 0 Å². The van der Waals surface area contributed by atoms with Gasteiger partial charge >= 0.3 is 0 Å². The number of nitrogens with one attached hydrogen (secondary N) is 1. The number of rotatable bonds is 3. The quantitative estimate of drug-likeness (QED) is 0.654. The van der Waals surface area contributed by atoms with Gasteiger partial charge in [0.15, 0.2) is 0 Å². The van der Waals surface area contributed by atoms with Gasteiger partial charge in [-0.1, -0.05) is 49.7 Å². The van der Waals surface area contributed by atoms with Crippen LogP contribution in [0.5, 0.6) is 0 Å². The van der Waals surface area contributed by atoms with Gasteiger partial charge in [0.1, 0.15) is 6.17 Å². The van der Waals surface area contributed by atoms with Gasteiger partial charge < -0.3 is 4.98 Å². The topological polar surface area (TPSA) is 15.8 Å². The van der Waals surface area contributed by atoms with Gasteiger partial charge in [-0.3, -0.25) is 0 Å². The number of aromatic nitrogens is 1. The molecular formula is C16H16FN. The Hall–Kier alpha value is -1.83. The minimum absolute atomic E-state index is 0.578. The highest BCUT2D eigenvalue weighted by molar-refractivity contribution is 6.08. The summed E-state index contributed by atoms with van der Waals surface area (Å²) in [7, 11) is 0. The minimum atomic E-state index is -0.883. The Morgan fingerprint density at radius 2 is 1.83 bits per heavy atom. The highest BCUT2D eigenvalue weighted by Crippen LogP contribution is 2.33. The third-order valence-corrected chi connectivity index (χ3v) is 3.45. The largest absolute Gasteiger partial charge is 0.354 e. The number of halogens is 1. The van der Waals surface area contributed by atoms with E-state index in [1.807, 2.05) is 37.3 Å². The molecule has 0 bridgehead atoms. The molecule has 2 heteroatoms. The number of aromatic amines is 1. The van der Waals surface area contributed by atoms with Gasteiger partial charge in [0.2, 0.25) is 0 Å². The Labute approximate surface area is 106 Å². The highest BCUT2D eigenvalue weighted by Gasteiger charge is 2.14. The number of benzene rings is 2. The lowest BCUT2D eigenvalue weighted by Crippen LogP contribution is -1.92. The molecule has 0 saturated carbocycles. The van der Waals surface area contributed by atoms with Gasteiger partial charge in [-0.25, -0.2) is 4.39 Å². The normalized spacial score (nSPS) is 13.2. The van der Waals surface area contributed by atoms with Crippen molar-refractivity contribution in [1.82, 2.24) is 4.98 Å². The van der Waals surface area contributed by atoms with Crippen molar-refractivity contribution in [2.24, 2.45) is 0 Å². The van der Waals surface area contributed by atoms with E-state index < -0.39 is 6.17 Å². The highest BCUT2D eigenvalue weighted by atomic mass is 19.1. The van der Waals surface area contributed by atoms with Crippen LogP contribution < -0.4 is 0 Å². The average molecular weight is 241 g/mol. The molecule has 92 valence electrons. The number of H-pyrrole nitrogens is 1. The molecule has 3 rings (SSSR count). The monoisotopic (exact) mass is 241 g/mol. The molecule has 0 amide bonds. The van der Waals surface area contributed by atoms with Crippen molar-refractivity contribution in [2.75, 3.05) is 0 Å². The maximum absolute atomic E-state index is 14.2. The number of alkyl halides is 1. The van der Waals surface area contributed by atoms with Gasteiger partial charge in [0.05, 0.1) is 5.52 Å². The van der Waals surface area contributed by atoms with Crippen molar-refractivity contribution in [3.63, 3.8) is 0 Å². The van der Waals surface area contributed by atoms with Crippen molar-refractivity contribution in [3.05, 3.63) is 48.0 Å². The van der Waals surface area contributed by atoms with Crippen molar-refractivity contribution in [1.29, 1.82) is 0 Å². The average Bonchev–Trinajstić information content (AvgIpc) is 2.77. The van der Waals surface area contributed by atoms with Crippen LogP contribution in [-0.2, 0) is 0 Å². The van der Waals surface area contributed by atoms with Gasteiger partial charge in [-0.15, -0.1) is 0 Å². The summed E-state index contributed by atoms with van der Waals surface area (Å²) in [6.07, 6.45) is 0.554. The summed E-state index contributed by atoms with van der Waals surface area (Å²) in [5.74, 6) is 0. The van der Waals surface area contributed by atoms with E-state index in [1.54, 1.807) is 0 Å². The molecule has 1 atom stereocenters. The predicted octanol–water partition coefficient (Wildman–Crippen LogP) is 5.13. The summed E-state index contributed by atoms with van der Waals surface area (Å²) < 4.78 is 14.2. The Bertz CT molecular complexity index is 684. The number of hydrogen-bond acceptors (Lipinski definition) is 0. The summed E-state index contributed by atoms with van der Waals surface area (Å²) in [6, 6.07) is 14.0. The second kappa shape index (κ2) is 4.45. The van der Waals surface area contributed by atoms with Crippen LogP contribution in [0.3, 0.4) is 0 Å². The van der Waals surface area contributed by atoms with Gasteiger partial charge in [0, 0.05) is 21.9 Å². The van der Waals surface area contributed by atoms with Crippen LogP contribution >= 0.6 is 0 Å². The first-order chi connectivity index (χ1) is 8.81. The van der Waals surface area contributed by atoms with Crippen molar-refractivity contribution < 1.29 is 4.39 Å². The molecule has 0 radical (unpaired) electrons. The lowest BCUT2D eigenvalue weighted by atomic mass is 10.0. The standard InChI is InChI=1S/C16H16FN/c1-2-6-14(17)13-9-5-8-12-11-7-3-4-10-15(11)18-16(12)13/h3-5,7-10,14,18H,2,6H2,1H3. The fourth-order valence-electron chi connectivity index (χ4n) is 2.57. The Balaban J connectivity index is 2.27. The van der Waals surface area contributed by atoms with Crippen molar-refractivity contribution in [2.45, 2.75) is 25.9 Å². The van der Waals surface area contributed by atoms with Crippen molar-refractivity contribution in [3.8, 4) is 0 Å². The third-order valence-electron chi connectivity index (χ3n) is 3.45. The lowest BCUT2D eigenvalue weighted by molar-refractivity contribution is 0.323. The van der Waals surface area contributed by atoms with E-state index in [0.717, 1.165) is 33.8 Å². The molecule has 1 nitrogen and oxygen atoms in total. The van der Waals surface area contributed by atoms with Crippen LogP contribution in [0.15, 0.2) is 42.5 Å². The fraction of sp³-hybridized carbons (Fsp3) is 0.250. The third kappa shape index (κ3) is 1.69. The van der Waals surface area contributed by atoms with Crippen LogP contribution in [0.1, 0.15) is 31.5 Å². The van der Waals surface area contributed by atoms with Crippen molar-refractivity contribution >= 4 is 21.8 Å². The van der Waals surface area contributed by atoms with Crippen LogP contribution in [0.25, 0.3) is 21.8 Å². The van der Waals surface area contributed by atoms with E-state index in [0.29, 0.717) is 6.42 Å². The molecule has 0 aliphatic carbocycles. The summed E-state index contributed by atoms with van der Waals surface area (Å²) in [6.45, 7) is 2.01. The summed E-state index contributed by atoms with van der Waals surface area (Å²) in [5.41, 5.74) is 2.80.